The van der Waals surface area contributed by atoms with E-state index in [4.69, 9.17) is 9.84 Å². The van der Waals surface area contributed by atoms with Crippen molar-refractivity contribution < 1.29 is 23.8 Å². The van der Waals surface area contributed by atoms with Crippen LogP contribution >= 0.6 is 22.6 Å². The van der Waals surface area contributed by atoms with E-state index in [2.05, 4.69) is 5.32 Å². The molecular formula is C12H13FINO4. The van der Waals surface area contributed by atoms with Crippen molar-refractivity contribution in [3.8, 4) is 0 Å². The minimum absolute atomic E-state index is 0.175. The van der Waals surface area contributed by atoms with Crippen LogP contribution in [0.2, 0.25) is 0 Å². The molecule has 0 aliphatic rings. The number of carbonyl (C=O) groups is 2. The van der Waals surface area contributed by atoms with E-state index < -0.39 is 23.2 Å². The summed E-state index contributed by atoms with van der Waals surface area (Å²) >= 11 is 1.81. The molecule has 0 fully saturated rings. The van der Waals surface area contributed by atoms with Gasteiger partial charge in [-0.3, -0.25) is 4.79 Å². The summed E-state index contributed by atoms with van der Waals surface area (Å²) in [6.45, 7) is 1.17. The van der Waals surface area contributed by atoms with Crippen LogP contribution in [0.15, 0.2) is 18.2 Å². The van der Waals surface area contributed by atoms with E-state index in [0.717, 1.165) is 6.07 Å². The van der Waals surface area contributed by atoms with Gasteiger partial charge in [-0.15, -0.1) is 0 Å². The Bertz CT molecular complexity index is 509. The van der Waals surface area contributed by atoms with E-state index in [1.807, 2.05) is 22.6 Å². The highest BCUT2D eigenvalue weighted by Crippen LogP contribution is 2.15. The minimum Gasteiger partial charge on any atom is -0.479 e. The number of ether oxygens (including phenoxy) is 1. The Hall–Kier alpha value is -1.22. The quantitative estimate of drug-likeness (QED) is 0.761. The summed E-state index contributed by atoms with van der Waals surface area (Å²) in [5.41, 5.74) is -1.32. The van der Waals surface area contributed by atoms with Gasteiger partial charge in [-0.2, -0.15) is 0 Å². The fraction of sp³-hybridized carbons (Fsp3) is 0.333. The highest BCUT2D eigenvalue weighted by molar-refractivity contribution is 14.1. The second kappa shape index (κ2) is 6.29. The summed E-state index contributed by atoms with van der Waals surface area (Å²) in [5, 5.41) is 11.5. The van der Waals surface area contributed by atoms with Crippen molar-refractivity contribution in [3.05, 3.63) is 33.1 Å². The Labute approximate surface area is 123 Å². The molecule has 1 amide bonds. The van der Waals surface area contributed by atoms with Gasteiger partial charge in [-0.05, 0) is 47.7 Å². The molecule has 1 atom stereocenters. The number of benzene rings is 1. The summed E-state index contributed by atoms with van der Waals surface area (Å²) in [7, 11) is 1.34. The molecule has 1 rings (SSSR count). The molecule has 5 nitrogen and oxygen atoms in total. The first-order valence-corrected chi connectivity index (χ1v) is 6.38. The first kappa shape index (κ1) is 15.8. The second-order valence-electron chi connectivity index (χ2n) is 4.15. The number of nitrogens with one attached hydrogen (secondary N) is 1. The predicted octanol–water partition coefficient (Wildman–Crippen LogP) is 1.65. The van der Waals surface area contributed by atoms with Crippen molar-refractivity contribution in [2.24, 2.45) is 0 Å². The predicted molar refractivity (Wildman–Crippen MR) is 74.5 cm³/mol. The smallest absolute Gasteiger partial charge is 0.331 e. The van der Waals surface area contributed by atoms with E-state index in [1.165, 1.54) is 26.2 Å². The molecule has 0 saturated carbocycles. The van der Waals surface area contributed by atoms with E-state index >= 15 is 0 Å². The van der Waals surface area contributed by atoms with Crippen molar-refractivity contribution in [1.29, 1.82) is 0 Å². The summed E-state index contributed by atoms with van der Waals surface area (Å²) in [4.78, 5) is 23.2. The highest BCUT2D eigenvalue weighted by atomic mass is 127. The number of hydrogen-bond acceptors (Lipinski definition) is 3. The normalized spacial score (nSPS) is 13.7. The maximum absolute atomic E-state index is 12.9. The van der Waals surface area contributed by atoms with Crippen molar-refractivity contribution in [2.45, 2.75) is 12.5 Å². The number of carboxylic acids is 1. The molecule has 1 unspecified atom stereocenters. The minimum atomic E-state index is -1.54. The fourth-order valence-electron chi connectivity index (χ4n) is 1.43. The Balaban J connectivity index is 2.97. The zero-order chi connectivity index (χ0) is 14.6. The Morgan fingerprint density at radius 3 is 2.63 bits per heavy atom. The van der Waals surface area contributed by atoms with Crippen molar-refractivity contribution in [2.75, 3.05) is 13.7 Å². The molecule has 0 radical (unpaired) electrons. The molecule has 0 heterocycles. The van der Waals surface area contributed by atoms with Crippen molar-refractivity contribution in [1.82, 2.24) is 5.32 Å². The van der Waals surface area contributed by atoms with Crippen LogP contribution in [0.3, 0.4) is 0 Å². The van der Waals surface area contributed by atoms with E-state index in [0.29, 0.717) is 3.57 Å². The molecule has 0 bridgehead atoms. The summed E-state index contributed by atoms with van der Waals surface area (Å²) in [5.74, 6) is -2.26. The fourth-order valence-corrected chi connectivity index (χ4v) is 2.15. The first-order chi connectivity index (χ1) is 8.80. The van der Waals surface area contributed by atoms with Crippen LogP contribution in [0.4, 0.5) is 4.39 Å². The van der Waals surface area contributed by atoms with Crippen LogP contribution in [-0.4, -0.2) is 36.2 Å². The van der Waals surface area contributed by atoms with Gasteiger partial charge in [0.25, 0.3) is 5.91 Å². The molecule has 1 aromatic rings. The van der Waals surface area contributed by atoms with Gasteiger partial charge in [0.15, 0.2) is 5.54 Å². The van der Waals surface area contributed by atoms with Crippen LogP contribution in [0.1, 0.15) is 17.3 Å². The Morgan fingerprint density at radius 2 is 2.16 bits per heavy atom. The van der Waals surface area contributed by atoms with Gasteiger partial charge in [-0.25, -0.2) is 9.18 Å². The summed E-state index contributed by atoms with van der Waals surface area (Å²) in [6, 6.07) is 3.65. The van der Waals surface area contributed by atoms with Crippen molar-refractivity contribution >= 4 is 34.5 Å². The van der Waals surface area contributed by atoms with Gasteiger partial charge >= 0.3 is 5.97 Å². The van der Waals surface area contributed by atoms with Crippen LogP contribution < -0.4 is 5.32 Å². The number of hydrogen-bond donors (Lipinski definition) is 2. The van der Waals surface area contributed by atoms with Crippen LogP contribution in [-0.2, 0) is 9.53 Å². The lowest BCUT2D eigenvalue weighted by Crippen LogP contribution is -2.55. The monoisotopic (exact) mass is 381 g/mol. The van der Waals surface area contributed by atoms with E-state index in [1.54, 1.807) is 0 Å². The lowest BCUT2D eigenvalue weighted by molar-refractivity contribution is -0.145. The topological polar surface area (TPSA) is 75.6 Å². The van der Waals surface area contributed by atoms with Crippen LogP contribution in [0, 0.1) is 9.39 Å². The Kier molecular flexibility index (Phi) is 5.24. The molecule has 104 valence electrons. The molecule has 0 saturated heterocycles. The van der Waals surface area contributed by atoms with Gasteiger partial charge in [0.05, 0.1) is 12.2 Å². The number of methoxy groups -OCH3 is 1. The van der Waals surface area contributed by atoms with Gasteiger partial charge in [-0.1, -0.05) is 0 Å². The maximum atomic E-state index is 12.9. The van der Waals surface area contributed by atoms with Gasteiger partial charge in [0.1, 0.15) is 5.82 Å². The van der Waals surface area contributed by atoms with Crippen LogP contribution in [0.5, 0.6) is 0 Å². The molecule has 19 heavy (non-hydrogen) atoms. The molecule has 0 aromatic heterocycles. The number of amides is 1. The molecule has 0 spiro atoms. The highest BCUT2D eigenvalue weighted by Gasteiger charge is 2.35. The third kappa shape index (κ3) is 3.87. The number of aliphatic carboxylic acids is 1. The maximum Gasteiger partial charge on any atom is 0.331 e. The number of carbonyl (C=O) groups excluding carboxylic acids is 1. The summed E-state index contributed by atoms with van der Waals surface area (Å²) in [6.07, 6.45) is 0. The third-order valence-electron chi connectivity index (χ3n) is 2.47. The average molecular weight is 381 g/mol. The van der Waals surface area contributed by atoms with Gasteiger partial charge in [0, 0.05) is 10.7 Å². The van der Waals surface area contributed by atoms with Crippen molar-refractivity contribution in [3.63, 3.8) is 0 Å². The number of rotatable bonds is 5. The van der Waals surface area contributed by atoms with Gasteiger partial charge < -0.3 is 15.2 Å². The third-order valence-corrected chi connectivity index (χ3v) is 3.36. The number of carboxylic acid groups (broad SMARTS) is 1. The largest absolute Gasteiger partial charge is 0.479 e. The Morgan fingerprint density at radius 1 is 1.53 bits per heavy atom. The second-order valence-corrected chi connectivity index (χ2v) is 5.31. The molecule has 7 heteroatoms. The average Bonchev–Trinajstić information content (AvgIpc) is 2.28. The van der Waals surface area contributed by atoms with E-state index in [-0.39, 0.29) is 12.2 Å². The first-order valence-electron chi connectivity index (χ1n) is 5.30. The molecule has 1 aromatic carbocycles. The lowest BCUT2D eigenvalue weighted by atomic mass is 10.0. The van der Waals surface area contributed by atoms with E-state index in [9.17, 15) is 14.0 Å². The van der Waals surface area contributed by atoms with Gasteiger partial charge in [0.2, 0.25) is 0 Å². The molecule has 0 aliphatic heterocycles. The zero-order valence-electron chi connectivity index (χ0n) is 10.4. The SMILES string of the molecule is COCC(C)(NC(=O)c1ccc(F)cc1I)C(=O)O. The summed E-state index contributed by atoms with van der Waals surface area (Å²) < 4.78 is 18.1. The number of halogens is 2. The molecule has 0 aliphatic carbocycles. The molecule has 2 N–H and O–H groups in total. The lowest BCUT2D eigenvalue weighted by Gasteiger charge is -2.25. The van der Waals surface area contributed by atoms with Crippen LogP contribution in [0.25, 0.3) is 0 Å². The molecular weight excluding hydrogens is 368 g/mol. The standard InChI is InChI=1S/C12H13FINO4/c1-12(6-19-2,11(17)18)15-10(16)8-4-3-7(13)5-9(8)14/h3-5H,6H2,1-2H3,(H,15,16)(H,17,18). The zero-order valence-corrected chi connectivity index (χ0v) is 12.5.